The van der Waals surface area contributed by atoms with Crippen LogP contribution in [-0.4, -0.2) is 20.9 Å². The lowest BCUT2D eigenvalue weighted by Crippen LogP contribution is -2.41. The van der Waals surface area contributed by atoms with Gasteiger partial charge in [0.15, 0.2) is 0 Å². The number of carbonyl (C=O) groups is 1. The topological polar surface area (TPSA) is 84.5 Å². The SMILES string of the molecule is CCOc1ccc(S(=O)(=O)NNC(=O)c2ccc(CC(C)C)cc2)cc1. The minimum Gasteiger partial charge on any atom is -0.494 e. The molecule has 0 aliphatic rings. The summed E-state index contributed by atoms with van der Waals surface area (Å²) in [5, 5.41) is 0. The molecule has 2 aromatic carbocycles. The van der Waals surface area contributed by atoms with Crippen LogP contribution in [0.4, 0.5) is 0 Å². The molecular weight excluding hydrogens is 352 g/mol. The van der Waals surface area contributed by atoms with Gasteiger partial charge in [-0.2, -0.15) is 0 Å². The molecule has 0 unspecified atom stereocenters. The van der Waals surface area contributed by atoms with Crippen molar-refractivity contribution >= 4 is 15.9 Å². The molecule has 0 saturated heterocycles. The number of benzene rings is 2. The van der Waals surface area contributed by atoms with Gasteiger partial charge in [0.25, 0.3) is 15.9 Å². The monoisotopic (exact) mass is 376 g/mol. The molecule has 0 heterocycles. The van der Waals surface area contributed by atoms with Crippen LogP contribution in [0.3, 0.4) is 0 Å². The average Bonchev–Trinajstić information content (AvgIpc) is 2.61. The largest absolute Gasteiger partial charge is 0.494 e. The zero-order valence-corrected chi connectivity index (χ0v) is 16.0. The van der Waals surface area contributed by atoms with E-state index in [4.69, 9.17) is 4.74 Å². The van der Waals surface area contributed by atoms with Gasteiger partial charge in [0.05, 0.1) is 11.5 Å². The van der Waals surface area contributed by atoms with Crippen LogP contribution in [0.1, 0.15) is 36.7 Å². The molecule has 7 heteroatoms. The molecule has 2 aromatic rings. The Kier molecular flexibility index (Phi) is 6.76. The quantitative estimate of drug-likeness (QED) is 0.694. The van der Waals surface area contributed by atoms with Gasteiger partial charge in [0.1, 0.15) is 5.75 Å². The zero-order chi connectivity index (χ0) is 19.2. The zero-order valence-electron chi connectivity index (χ0n) is 15.2. The van der Waals surface area contributed by atoms with E-state index in [0.717, 1.165) is 12.0 Å². The molecule has 0 fully saturated rings. The standard InChI is InChI=1S/C19H24N2O4S/c1-4-25-17-9-11-18(12-10-17)26(23,24)21-20-19(22)16-7-5-15(6-8-16)13-14(2)3/h5-12,14,21H,4,13H2,1-3H3,(H,20,22). The molecule has 1 amide bonds. The lowest BCUT2D eigenvalue weighted by molar-refractivity contribution is 0.0945. The van der Waals surface area contributed by atoms with Crippen molar-refractivity contribution in [1.82, 2.24) is 10.3 Å². The van der Waals surface area contributed by atoms with Crippen molar-refractivity contribution in [1.29, 1.82) is 0 Å². The Morgan fingerprint density at radius 2 is 1.65 bits per heavy atom. The fourth-order valence-corrected chi connectivity index (χ4v) is 3.23. The van der Waals surface area contributed by atoms with Gasteiger partial charge < -0.3 is 4.74 Å². The van der Waals surface area contributed by atoms with E-state index in [2.05, 4.69) is 24.1 Å². The number of sulfonamides is 1. The molecule has 0 bridgehead atoms. The number of amides is 1. The summed E-state index contributed by atoms with van der Waals surface area (Å²) >= 11 is 0. The molecule has 0 radical (unpaired) electrons. The molecule has 0 aromatic heterocycles. The molecule has 140 valence electrons. The van der Waals surface area contributed by atoms with Crippen molar-refractivity contribution < 1.29 is 17.9 Å². The Labute approximate surface area is 154 Å². The molecule has 2 N–H and O–H groups in total. The highest BCUT2D eigenvalue weighted by Crippen LogP contribution is 2.15. The smallest absolute Gasteiger partial charge is 0.266 e. The van der Waals surface area contributed by atoms with E-state index >= 15 is 0 Å². The first kappa shape index (κ1) is 19.9. The third-order valence-corrected chi connectivity index (χ3v) is 4.87. The highest BCUT2D eigenvalue weighted by Gasteiger charge is 2.16. The van der Waals surface area contributed by atoms with E-state index in [1.54, 1.807) is 24.3 Å². The molecule has 2 rings (SSSR count). The first-order valence-electron chi connectivity index (χ1n) is 8.45. The van der Waals surface area contributed by atoms with Crippen LogP contribution in [0, 0.1) is 5.92 Å². The minimum atomic E-state index is -3.86. The van der Waals surface area contributed by atoms with E-state index in [9.17, 15) is 13.2 Å². The first-order valence-corrected chi connectivity index (χ1v) is 9.94. The fourth-order valence-electron chi connectivity index (χ4n) is 2.39. The van der Waals surface area contributed by atoms with Gasteiger partial charge in [-0.3, -0.25) is 10.2 Å². The Bertz CT molecular complexity index is 829. The molecule has 0 aliphatic heterocycles. The molecule has 0 atom stereocenters. The maximum atomic E-state index is 12.2. The Balaban J connectivity index is 1.98. The second-order valence-electron chi connectivity index (χ2n) is 6.26. The van der Waals surface area contributed by atoms with Gasteiger partial charge >= 0.3 is 0 Å². The van der Waals surface area contributed by atoms with Crippen molar-refractivity contribution in [3.05, 3.63) is 59.7 Å². The maximum Gasteiger partial charge on any atom is 0.266 e. The third-order valence-electron chi connectivity index (χ3n) is 3.60. The predicted molar refractivity (Wildman–Crippen MR) is 100 cm³/mol. The van der Waals surface area contributed by atoms with E-state index in [1.807, 2.05) is 19.1 Å². The Hall–Kier alpha value is -2.38. The van der Waals surface area contributed by atoms with Crippen LogP contribution in [-0.2, 0) is 16.4 Å². The lowest BCUT2D eigenvalue weighted by Gasteiger charge is -2.10. The summed E-state index contributed by atoms with van der Waals surface area (Å²) in [4.78, 5) is 14.3. The number of ether oxygens (including phenoxy) is 1. The summed E-state index contributed by atoms with van der Waals surface area (Å²) in [6, 6.07) is 13.1. The van der Waals surface area contributed by atoms with E-state index in [-0.39, 0.29) is 4.90 Å². The summed E-state index contributed by atoms with van der Waals surface area (Å²) in [7, 11) is -3.86. The lowest BCUT2D eigenvalue weighted by atomic mass is 10.0. The number of hydrogen-bond donors (Lipinski definition) is 2. The van der Waals surface area contributed by atoms with Gasteiger partial charge in [0, 0.05) is 5.56 Å². The molecular formula is C19H24N2O4S. The normalized spacial score (nSPS) is 11.4. The second-order valence-corrected chi connectivity index (χ2v) is 7.94. The Morgan fingerprint density at radius 3 is 2.19 bits per heavy atom. The number of hydrazine groups is 1. The van der Waals surface area contributed by atoms with Crippen LogP contribution < -0.4 is 15.0 Å². The molecule has 0 aliphatic carbocycles. The van der Waals surface area contributed by atoms with Crippen molar-refractivity contribution in [2.45, 2.75) is 32.1 Å². The van der Waals surface area contributed by atoms with Crippen LogP contribution in [0.15, 0.2) is 53.4 Å². The van der Waals surface area contributed by atoms with Crippen LogP contribution in [0.25, 0.3) is 0 Å². The van der Waals surface area contributed by atoms with Gasteiger partial charge in [-0.25, -0.2) is 8.42 Å². The van der Waals surface area contributed by atoms with Gasteiger partial charge in [0.2, 0.25) is 0 Å². The van der Waals surface area contributed by atoms with Gasteiger partial charge in [-0.1, -0.05) is 26.0 Å². The molecule has 26 heavy (non-hydrogen) atoms. The predicted octanol–water partition coefficient (Wildman–Crippen LogP) is 2.91. The third kappa shape index (κ3) is 5.57. The summed E-state index contributed by atoms with van der Waals surface area (Å²) < 4.78 is 29.8. The first-order chi connectivity index (χ1) is 12.3. The number of rotatable bonds is 8. The molecule has 6 nitrogen and oxygen atoms in total. The van der Waals surface area contributed by atoms with E-state index in [1.165, 1.54) is 12.1 Å². The van der Waals surface area contributed by atoms with Gasteiger partial charge in [-0.05, 0) is 61.2 Å². The number of nitrogens with one attached hydrogen (secondary N) is 2. The van der Waals surface area contributed by atoms with E-state index < -0.39 is 15.9 Å². The second kappa shape index (κ2) is 8.82. The van der Waals surface area contributed by atoms with Crippen molar-refractivity contribution in [3.8, 4) is 5.75 Å². The summed E-state index contributed by atoms with van der Waals surface area (Å²) in [6.07, 6.45) is 0.923. The summed E-state index contributed by atoms with van der Waals surface area (Å²) in [5.74, 6) is 0.586. The maximum absolute atomic E-state index is 12.2. The minimum absolute atomic E-state index is 0.0357. The number of carbonyl (C=O) groups excluding carboxylic acids is 1. The van der Waals surface area contributed by atoms with Crippen molar-refractivity contribution in [3.63, 3.8) is 0 Å². The van der Waals surface area contributed by atoms with Crippen molar-refractivity contribution in [2.75, 3.05) is 6.61 Å². The van der Waals surface area contributed by atoms with Crippen LogP contribution >= 0.6 is 0 Å². The Morgan fingerprint density at radius 1 is 1.04 bits per heavy atom. The van der Waals surface area contributed by atoms with Crippen LogP contribution in [0.5, 0.6) is 5.75 Å². The molecule has 0 spiro atoms. The fraction of sp³-hybridized carbons (Fsp3) is 0.316. The highest BCUT2D eigenvalue weighted by molar-refractivity contribution is 7.89. The van der Waals surface area contributed by atoms with E-state index in [0.29, 0.717) is 23.8 Å². The van der Waals surface area contributed by atoms with Gasteiger partial charge in [-0.15, -0.1) is 4.83 Å². The summed E-state index contributed by atoms with van der Waals surface area (Å²) in [6.45, 7) is 6.58. The summed E-state index contributed by atoms with van der Waals surface area (Å²) in [5.41, 5.74) is 3.74. The molecule has 0 saturated carbocycles. The average molecular weight is 376 g/mol. The van der Waals surface area contributed by atoms with Crippen LogP contribution in [0.2, 0.25) is 0 Å². The van der Waals surface area contributed by atoms with Crippen molar-refractivity contribution in [2.24, 2.45) is 5.92 Å². The number of hydrogen-bond acceptors (Lipinski definition) is 4. The highest BCUT2D eigenvalue weighted by atomic mass is 32.2.